The van der Waals surface area contributed by atoms with Crippen molar-refractivity contribution in [1.82, 2.24) is 25.3 Å². The van der Waals surface area contributed by atoms with Crippen molar-refractivity contribution in [3.63, 3.8) is 0 Å². The smallest absolute Gasteiger partial charge is 0.306 e. The number of hydrogen-bond donors (Lipinski definition) is 1. The Morgan fingerprint density at radius 3 is 2.50 bits per heavy atom. The van der Waals surface area contributed by atoms with Gasteiger partial charge in [0.1, 0.15) is 22.3 Å². The van der Waals surface area contributed by atoms with Gasteiger partial charge in [-0.3, -0.25) is 0 Å². The van der Waals surface area contributed by atoms with Crippen molar-refractivity contribution in [3.05, 3.63) is 52.3 Å². The zero-order valence-electron chi connectivity index (χ0n) is 13.3. The highest BCUT2D eigenvalue weighted by Crippen LogP contribution is 2.31. The predicted octanol–water partition coefficient (Wildman–Crippen LogP) is 3.53. The molecule has 3 aromatic rings. The summed E-state index contributed by atoms with van der Waals surface area (Å²) in [6, 6.07) is 3.51. The molecule has 2 aromatic heterocycles. The topological polar surface area (TPSA) is 55.6 Å². The van der Waals surface area contributed by atoms with Gasteiger partial charge in [-0.2, -0.15) is 13.2 Å². The molecule has 0 atom stereocenters. The van der Waals surface area contributed by atoms with E-state index in [-0.39, 0.29) is 29.4 Å². The molecule has 138 valence electrons. The Morgan fingerprint density at radius 2 is 1.85 bits per heavy atom. The molecule has 1 aromatic carbocycles. The molecule has 0 bridgehead atoms. The molecule has 5 nitrogen and oxygen atoms in total. The Kier molecular flexibility index (Phi) is 5.01. The molecule has 0 radical (unpaired) electrons. The largest absolute Gasteiger partial charge is 0.434 e. The molecule has 11 heteroatoms. The average Bonchev–Trinajstić information content (AvgIpc) is 3.14. The van der Waals surface area contributed by atoms with Crippen molar-refractivity contribution in [3.8, 4) is 10.6 Å². The number of nitrogens with one attached hydrogen (secondary N) is 1. The maximum atomic E-state index is 13.8. The fraction of sp³-hybridized carbons (Fsp3) is 0.267. The molecule has 0 saturated heterocycles. The van der Waals surface area contributed by atoms with Gasteiger partial charge in [-0.15, -0.1) is 16.4 Å². The SMILES string of the molecule is Cn1nnc(CNCc2cnc(-c3c(F)cccc3F)s2)c1C(F)(F)F. The Labute approximate surface area is 148 Å². The quantitative estimate of drug-likeness (QED) is 0.679. The molecule has 0 amide bonds. The summed E-state index contributed by atoms with van der Waals surface area (Å²) in [4.78, 5) is 4.59. The molecule has 0 aliphatic heterocycles. The summed E-state index contributed by atoms with van der Waals surface area (Å²) in [7, 11) is 1.16. The summed E-state index contributed by atoms with van der Waals surface area (Å²) < 4.78 is 67.1. The summed E-state index contributed by atoms with van der Waals surface area (Å²) in [5, 5.41) is 9.86. The van der Waals surface area contributed by atoms with Gasteiger partial charge in [-0.25, -0.2) is 18.4 Å². The van der Waals surface area contributed by atoms with E-state index in [2.05, 4.69) is 20.6 Å². The van der Waals surface area contributed by atoms with E-state index in [9.17, 15) is 22.0 Å². The molecule has 0 fully saturated rings. The molecule has 0 aliphatic carbocycles. The zero-order chi connectivity index (χ0) is 18.9. The van der Waals surface area contributed by atoms with Gasteiger partial charge in [0.05, 0.1) is 5.56 Å². The number of hydrogen-bond acceptors (Lipinski definition) is 5. The van der Waals surface area contributed by atoms with Crippen LogP contribution in [0.3, 0.4) is 0 Å². The number of halogens is 5. The van der Waals surface area contributed by atoms with Crippen LogP contribution in [0.1, 0.15) is 16.3 Å². The van der Waals surface area contributed by atoms with Crippen LogP contribution in [0.2, 0.25) is 0 Å². The Hall–Kier alpha value is -2.40. The van der Waals surface area contributed by atoms with Crippen LogP contribution in [-0.2, 0) is 26.3 Å². The van der Waals surface area contributed by atoms with Gasteiger partial charge < -0.3 is 5.32 Å². The lowest BCUT2D eigenvalue weighted by atomic mass is 10.2. The molecule has 3 rings (SSSR count). The van der Waals surface area contributed by atoms with Gasteiger partial charge in [0.15, 0.2) is 5.69 Å². The van der Waals surface area contributed by atoms with Crippen molar-refractivity contribution in [2.75, 3.05) is 0 Å². The Balaban J connectivity index is 1.69. The lowest BCUT2D eigenvalue weighted by Gasteiger charge is -2.08. The number of aryl methyl sites for hydroxylation is 1. The van der Waals surface area contributed by atoms with E-state index in [1.165, 1.54) is 12.3 Å². The second-order valence-corrected chi connectivity index (χ2v) is 6.45. The van der Waals surface area contributed by atoms with Crippen LogP contribution in [0.25, 0.3) is 10.6 Å². The van der Waals surface area contributed by atoms with Crippen molar-refractivity contribution in [2.24, 2.45) is 7.05 Å². The molecule has 2 heterocycles. The van der Waals surface area contributed by atoms with Crippen molar-refractivity contribution in [1.29, 1.82) is 0 Å². The highest BCUT2D eigenvalue weighted by Gasteiger charge is 2.38. The third-order valence-electron chi connectivity index (χ3n) is 3.49. The highest BCUT2D eigenvalue weighted by atomic mass is 32.1. The standard InChI is InChI=1S/C15H12F5N5S/c1-25-13(15(18,19)20)11(23-24-25)7-21-5-8-6-22-14(26-8)12-9(16)3-2-4-10(12)17/h2-4,6,21H,5,7H2,1H3. The third kappa shape index (κ3) is 3.73. The van der Waals surface area contributed by atoms with Gasteiger partial charge in [0.2, 0.25) is 0 Å². The van der Waals surface area contributed by atoms with Crippen LogP contribution in [0.4, 0.5) is 22.0 Å². The van der Waals surface area contributed by atoms with Gasteiger partial charge in [0, 0.05) is 31.2 Å². The number of alkyl halides is 3. The van der Waals surface area contributed by atoms with Crippen molar-refractivity contribution < 1.29 is 22.0 Å². The summed E-state index contributed by atoms with van der Waals surface area (Å²) in [5.74, 6) is -1.46. The van der Waals surface area contributed by atoms with Crippen LogP contribution in [-0.4, -0.2) is 20.0 Å². The maximum absolute atomic E-state index is 13.8. The molecule has 0 saturated carbocycles. The number of rotatable bonds is 5. The van der Waals surface area contributed by atoms with E-state index in [0.717, 1.165) is 30.5 Å². The molecule has 0 aliphatic rings. The van der Waals surface area contributed by atoms with E-state index >= 15 is 0 Å². The lowest BCUT2D eigenvalue weighted by molar-refractivity contribution is -0.144. The number of thiazole rings is 1. The molecular formula is C15H12F5N5S. The first-order chi connectivity index (χ1) is 12.3. The third-order valence-corrected chi connectivity index (χ3v) is 4.50. The van der Waals surface area contributed by atoms with Gasteiger partial charge in [-0.05, 0) is 12.1 Å². The first kappa shape index (κ1) is 18.4. The van der Waals surface area contributed by atoms with E-state index < -0.39 is 23.5 Å². The summed E-state index contributed by atoms with van der Waals surface area (Å²) in [6.45, 7) is 0.00554. The minimum Gasteiger partial charge on any atom is -0.306 e. The molecule has 0 spiro atoms. The molecule has 0 unspecified atom stereocenters. The van der Waals surface area contributed by atoms with Crippen LogP contribution in [0.5, 0.6) is 0 Å². The normalized spacial score (nSPS) is 11.9. The maximum Gasteiger partial charge on any atom is 0.434 e. The monoisotopic (exact) mass is 389 g/mol. The minimum absolute atomic E-state index is 0.160. The van der Waals surface area contributed by atoms with Gasteiger partial charge in [0.25, 0.3) is 0 Å². The van der Waals surface area contributed by atoms with Crippen LogP contribution < -0.4 is 5.32 Å². The van der Waals surface area contributed by atoms with Crippen LogP contribution in [0.15, 0.2) is 24.4 Å². The molecular weight excluding hydrogens is 377 g/mol. The Bertz CT molecular complexity index is 897. The lowest BCUT2D eigenvalue weighted by Crippen LogP contribution is -2.19. The first-order valence-corrected chi connectivity index (χ1v) is 8.14. The average molecular weight is 389 g/mol. The number of nitrogens with zero attached hydrogens (tertiary/aromatic N) is 4. The minimum atomic E-state index is -4.56. The van der Waals surface area contributed by atoms with Gasteiger partial charge >= 0.3 is 6.18 Å². The van der Waals surface area contributed by atoms with Gasteiger partial charge in [-0.1, -0.05) is 11.3 Å². The number of benzene rings is 1. The van der Waals surface area contributed by atoms with E-state index in [4.69, 9.17) is 0 Å². The summed E-state index contributed by atoms with van der Waals surface area (Å²) >= 11 is 1.05. The van der Waals surface area contributed by atoms with Crippen LogP contribution >= 0.6 is 11.3 Å². The molecule has 1 N–H and O–H groups in total. The second kappa shape index (κ2) is 7.08. The summed E-state index contributed by atoms with van der Waals surface area (Å²) in [5.41, 5.74) is -1.38. The van der Waals surface area contributed by atoms with E-state index in [1.807, 2.05) is 0 Å². The van der Waals surface area contributed by atoms with E-state index in [1.54, 1.807) is 0 Å². The molecule has 26 heavy (non-hydrogen) atoms. The summed E-state index contributed by atoms with van der Waals surface area (Å²) in [6.07, 6.45) is -3.14. The zero-order valence-corrected chi connectivity index (χ0v) is 14.1. The van der Waals surface area contributed by atoms with E-state index in [0.29, 0.717) is 9.56 Å². The first-order valence-electron chi connectivity index (χ1n) is 7.33. The van der Waals surface area contributed by atoms with Crippen molar-refractivity contribution >= 4 is 11.3 Å². The second-order valence-electron chi connectivity index (χ2n) is 5.34. The predicted molar refractivity (Wildman–Crippen MR) is 84.0 cm³/mol. The highest BCUT2D eigenvalue weighted by molar-refractivity contribution is 7.15. The Morgan fingerprint density at radius 1 is 1.15 bits per heavy atom. The fourth-order valence-electron chi connectivity index (χ4n) is 2.38. The number of aromatic nitrogens is 4. The van der Waals surface area contributed by atoms with Crippen molar-refractivity contribution in [2.45, 2.75) is 19.3 Å². The fourth-order valence-corrected chi connectivity index (χ4v) is 3.31. The van der Waals surface area contributed by atoms with Crippen LogP contribution in [0, 0.1) is 11.6 Å².